The van der Waals surface area contributed by atoms with E-state index < -0.39 is 8.07 Å². The van der Waals surface area contributed by atoms with Gasteiger partial charge >= 0.3 is 0 Å². The van der Waals surface area contributed by atoms with E-state index in [1.807, 2.05) is 6.20 Å². The van der Waals surface area contributed by atoms with Gasteiger partial charge in [0.05, 0.1) is 18.9 Å². The first kappa shape index (κ1) is 16.9. The molecule has 0 bridgehead atoms. The van der Waals surface area contributed by atoms with Crippen LogP contribution >= 0.6 is 0 Å². The number of nitrogens with zero attached hydrogens (tertiary/aromatic N) is 2. The van der Waals surface area contributed by atoms with Gasteiger partial charge in [-0.3, -0.25) is 0 Å². The summed E-state index contributed by atoms with van der Waals surface area (Å²) in [5.74, 6) is 1.06. The van der Waals surface area contributed by atoms with Crippen LogP contribution in [0.1, 0.15) is 0 Å². The number of hydrogen-bond donors (Lipinski definition) is 1. The number of pyridine rings is 1. The molecule has 136 valence electrons. The van der Waals surface area contributed by atoms with Crippen molar-refractivity contribution in [1.29, 1.82) is 0 Å². The molecule has 2 aliphatic rings. The Bertz CT molecular complexity index is 756. The number of ether oxygens (including phenoxy) is 3. The fourth-order valence-electron chi connectivity index (χ4n) is 3.24. The van der Waals surface area contributed by atoms with E-state index in [1.54, 1.807) is 0 Å². The Balaban J connectivity index is 1.51. The van der Waals surface area contributed by atoms with Crippen molar-refractivity contribution in [2.75, 3.05) is 31.7 Å². The van der Waals surface area contributed by atoms with Gasteiger partial charge in [-0.1, -0.05) is 19.6 Å². The maximum atomic E-state index is 6.14. The monoisotopic (exact) mass is 361 g/mol. The minimum absolute atomic E-state index is 0.0927. The van der Waals surface area contributed by atoms with Crippen molar-refractivity contribution in [2.24, 2.45) is 5.92 Å². The zero-order valence-electron chi connectivity index (χ0n) is 15.2. The van der Waals surface area contributed by atoms with Crippen LogP contribution in [0, 0.1) is 5.92 Å². The van der Waals surface area contributed by atoms with Crippen molar-refractivity contribution < 1.29 is 14.2 Å². The largest absolute Gasteiger partial charge is 0.470 e. The highest BCUT2D eigenvalue weighted by Crippen LogP contribution is 2.33. The van der Waals surface area contributed by atoms with Crippen LogP contribution in [-0.4, -0.2) is 50.1 Å². The molecule has 1 fully saturated rings. The highest BCUT2D eigenvalue weighted by Gasteiger charge is 2.33. The van der Waals surface area contributed by atoms with Crippen LogP contribution in [0.3, 0.4) is 0 Å². The van der Waals surface area contributed by atoms with E-state index in [9.17, 15) is 0 Å². The predicted molar refractivity (Wildman–Crippen MR) is 101 cm³/mol. The number of fused-ring (bicyclic) bond motifs is 3. The van der Waals surface area contributed by atoms with Crippen molar-refractivity contribution in [3.63, 3.8) is 0 Å². The third-order valence-corrected chi connectivity index (χ3v) is 6.59. The van der Waals surface area contributed by atoms with Gasteiger partial charge in [0.2, 0.25) is 5.88 Å². The Morgan fingerprint density at radius 1 is 1.36 bits per heavy atom. The molecule has 7 heteroatoms. The molecular weight excluding hydrogens is 334 g/mol. The second-order valence-corrected chi connectivity index (χ2v) is 13.8. The number of rotatable bonds is 5. The summed E-state index contributed by atoms with van der Waals surface area (Å²) in [6.45, 7) is 10.7. The number of hydrogen-bond acceptors (Lipinski definition) is 5. The molecule has 0 radical (unpaired) electrons. The lowest BCUT2D eigenvalue weighted by molar-refractivity contribution is 0.0897. The molecule has 4 rings (SSSR count). The van der Waals surface area contributed by atoms with Gasteiger partial charge in [0, 0.05) is 38.7 Å². The zero-order chi connectivity index (χ0) is 17.4. The molecule has 0 amide bonds. The maximum Gasteiger partial charge on any atom is 0.239 e. The van der Waals surface area contributed by atoms with Crippen molar-refractivity contribution >= 4 is 24.8 Å². The van der Waals surface area contributed by atoms with Crippen LogP contribution in [-0.2, 0) is 16.2 Å². The van der Waals surface area contributed by atoms with Gasteiger partial charge in [-0.15, -0.1) is 0 Å². The number of nitrogens with one attached hydrogen (secondary N) is 1. The third-order valence-electron chi connectivity index (χ3n) is 4.89. The fourth-order valence-corrected chi connectivity index (χ4v) is 4.00. The van der Waals surface area contributed by atoms with Gasteiger partial charge in [-0.2, -0.15) is 4.98 Å². The highest BCUT2D eigenvalue weighted by atomic mass is 28.3. The summed E-state index contributed by atoms with van der Waals surface area (Å²) in [5, 5.41) is 4.57. The number of anilines is 1. The van der Waals surface area contributed by atoms with Gasteiger partial charge in [0.25, 0.3) is 0 Å². The molecule has 1 saturated heterocycles. The van der Waals surface area contributed by atoms with Crippen molar-refractivity contribution in [2.45, 2.75) is 38.5 Å². The van der Waals surface area contributed by atoms with Crippen LogP contribution in [0.4, 0.5) is 5.69 Å². The lowest BCUT2D eigenvalue weighted by Crippen LogP contribution is -2.28. The summed E-state index contributed by atoms with van der Waals surface area (Å²) in [5.41, 5.74) is 1.88. The van der Waals surface area contributed by atoms with Crippen molar-refractivity contribution in [3.05, 3.63) is 18.3 Å². The van der Waals surface area contributed by atoms with E-state index in [0.717, 1.165) is 36.5 Å². The summed E-state index contributed by atoms with van der Waals surface area (Å²) in [6.07, 6.45) is 2.13. The van der Waals surface area contributed by atoms with Crippen LogP contribution in [0.15, 0.2) is 18.3 Å². The first-order valence-corrected chi connectivity index (χ1v) is 12.8. The molecule has 2 aromatic heterocycles. The Labute approximate surface area is 149 Å². The lowest BCUT2D eigenvalue weighted by atomic mass is 10.1. The molecule has 0 unspecified atom stereocenters. The Kier molecular flexibility index (Phi) is 4.47. The summed E-state index contributed by atoms with van der Waals surface area (Å²) in [4.78, 5) is 4.77. The SMILES string of the molecule is C[Si](C)(C)CCOCn1ccc2cc3c(nc21)O[C@@H]1COC[C@H]1CN3. The molecule has 2 atom stereocenters. The number of aromatic nitrogens is 2. The van der Waals surface area contributed by atoms with Gasteiger partial charge in [-0.25, -0.2) is 0 Å². The molecule has 0 spiro atoms. The summed E-state index contributed by atoms with van der Waals surface area (Å²) >= 11 is 0. The molecule has 1 N–H and O–H groups in total. The molecule has 4 heterocycles. The molecular formula is C18H27N3O3Si. The molecule has 0 aliphatic carbocycles. The summed E-state index contributed by atoms with van der Waals surface area (Å²) in [7, 11) is -1.06. The Morgan fingerprint density at radius 2 is 2.24 bits per heavy atom. The van der Waals surface area contributed by atoms with Crippen molar-refractivity contribution in [3.8, 4) is 5.88 Å². The second-order valence-electron chi connectivity index (χ2n) is 8.22. The molecule has 2 aliphatic heterocycles. The van der Waals surface area contributed by atoms with E-state index in [4.69, 9.17) is 19.2 Å². The van der Waals surface area contributed by atoms with E-state index in [1.165, 1.54) is 6.04 Å². The zero-order valence-corrected chi connectivity index (χ0v) is 16.2. The average Bonchev–Trinajstić information content (AvgIpc) is 3.11. The topological polar surface area (TPSA) is 57.5 Å². The first-order chi connectivity index (χ1) is 12.0. The third kappa shape index (κ3) is 3.68. The molecule has 25 heavy (non-hydrogen) atoms. The maximum absolute atomic E-state index is 6.14. The average molecular weight is 362 g/mol. The summed E-state index contributed by atoms with van der Waals surface area (Å²) in [6, 6.07) is 5.38. The lowest BCUT2D eigenvalue weighted by Gasteiger charge is -2.16. The van der Waals surface area contributed by atoms with Crippen LogP contribution in [0.25, 0.3) is 11.0 Å². The van der Waals surface area contributed by atoms with Gasteiger partial charge in [-0.05, 0) is 18.2 Å². The highest BCUT2D eigenvalue weighted by molar-refractivity contribution is 6.76. The molecule has 6 nitrogen and oxygen atoms in total. The molecule has 0 saturated carbocycles. The quantitative estimate of drug-likeness (QED) is 0.655. The predicted octanol–water partition coefficient (Wildman–Crippen LogP) is 3.17. The van der Waals surface area contributed by atoms with E-state index in [0.29, 0.717) is 25.1 Å². The standard InChI is InChI=1S/C18H27N3O3Si/c1-25(2,3)7-6-22-12-21-5-4-13-8-15-18(20-17(13)21)24-16-11-23-10-14(16)9-19-15/h4-5,8,14,16,19H,6-7,9-12H2,1-3H3/t14-,16-/m1/s1. The van der Waals surface area contributed by atoms with Crippen LogP contribution in [0.2, 0.25) is 25.7 Å². The summed E-state index contributed by atoms with van der Waals surface area (Å²) < 4.78 is 19.6. The minimum Gasteiger partial charge on any atom is -0.470 e. The van der Waals surface area contributed by atoms with Gasteiger partial charge in [0.1, 0.15) is 18.5 Å². The Hall–Kier alpha value is -1.57. The van der Waals surface area contributed by atoms with Crippen molar-refractivity contribution in [1.82, 2.24) is 9.55 Å². The second kappa shape index (κ2) is 6.62. The fraction of sp³-hybridized carbons (Fsp3) is 0.611. The van der Waals surface area contributed by atoms with E-state index in [2.05, 4.69) is 41.7 Å². The molecule has 0 aromatic carbocycles. The van der Waals surface area contributed by atoms with Gasteiger partial charge < -0.3 is 24.1 Å². The first-order valence-electron chi connectivity index (χ1n) is 9.05. The Morgan fingerprint density at radius 3 is 3.08 bits per heavy atom. The smallest absolute Gasteiger partial charge is 0.239 e. The van der Waals surface area contributed by atoms with Gasteiger partial charge in [0.15, 0.2) is 0 Å². The van der Waals surface area contributed by atoms with Crippen LogP contribution in [0.5, 0.6) is 5.88 Å². The van der Waals surface area contributed by atoms with E-state index in [-0.39, 0.29) is 6.10 Å². The normalized spacial score (nSPS) is 22.8. The minimum atomic E-state index is -1.06. The molecule has 2 aromatic rings. The van der Waals surface area contributed by atoms with E-state index >= 15 is 0 Å². The van der Waals surface area contributed by atoms with Crippen LogP contribution < -0.4 is 10.1 Å².